The number of carbonyl (C=O) groups excluding carboxylic acids is 3. The molecule has 2 aromatic carbocycles. The predicted octanol–water partition coefficient (Wildman–Crippen LogP) is 11.4. The summed E-state index contributed by atoms with van der Waals surface area (Å²) in [5.41, 5.74) is 2.08. The number of aryl methyl sites for hydroxylation is 2. The van der Waals surface area contributed by atoms with E-state index in [2.05, 4.69) is 78.3 Å². The number of nitrogens with one attached hydrogen (secondary N) is 3. The minimum absolute atomic E-state index is 0. The molecule has 0 aliphatic heterocycles. The standard InChI is InChI=1S/C22H35N3O4.C8H18.C7H7F.C4H10.C3H8.CH4/c1-5-18(25-21(27)14-24-20(26)6-2)22(28)23-13-9-11-17-10-7-8-12-19(17)29-15-16(3)4;1-4-5-6-7-8(2)3;1-6-3-2-4-7(8)5-6;1-3-4-2;1-3-2;/h7-8,10,12,16,18H,5-6,9,11,13-15H2,1-4H3,(H,23,28)(H,24,26)(H,25,27);8H,4-7H2,1-3H3;2-5H,1H3;3-4H2,1-2H3;3H2,1-2H3;1H4. The van der Waals surface area contributed by atoms with Gasteiger partial charge in [-0.25, -0.2) is 4.39 Å². The van der Waals surface area contributed by atoms with Crippen LogP contribution in [0.25, 0.3) is 0 Å². The lowest BCUT2D eigenvalue weighted by Crippen LogP contribution is -2.49. The Balaban J connectivity index is -0.000000403. The first-order chi connectivity index (χ1) is 24.8. The number of para-hydroxylation sites is 1. The van der Waals surface area contributed by atoms with Crippen LogP contribution in [0.3, 0.4) is 0 Å². The molecule has 2 aromatic rings. The van der Waals surface area contributed by atoms with E-state index in [-0.39, 0.29) is 37.5 Å². The van der Waals surface area contributed by atoms with Crippen LogP contribution in [0, 0.1) is 24.6 Å². The highest BCUT2D eigenvalue weighted by Gasteiger charge is 2.18. The lowest BCUT2D eigenvalue weighted by molar-refractivity contribution is -0.129. The summed E-state index contributed by atoms with van der Waals surface area (Å²) in [5, 5.41) is 8.03. The molecule has 0 spiro atoms. The molecule has 1 unspecified atom stereocenters. The Hall–Kier alpha value is -3.42. The summed E-state index contributed by atoms with van der Waals surface area (Å²) < 4.78 is 18.0. The van der Waals surface area contributed by atoms with Crippen molar-refractivity contribution in [1.82, 2.24) is 16.0 Å². The quantitative estimate of drug-likeness (QED) is 0.132. The molecule has 0 aliphatic carbocycles. The monoisotopic (exact) mass is 748 g/mol. The van der Waals surface area contributed by atoms with E-state index in [1.54, 1.807) is 13.0 Å². The molecular weight excluding hydrogens is 666 g/mol. The van der Waals surface area contributed by atoms with Crippen LogP contribution in [0.2, 0.25) is 0 Å². The lowest BCUT2D eigenvalue weighted by Gasteiger charge is -2.17. The number of hydrogen-bond acceptors (Lipinski definition) is 4. The van der Waals surface area contributed by atoms with Crippen LogP contribution >= 0.6 is 0 Å². The second-order valence-electron chi connectivity index (χ2n) is 13.8. The van der Waals surface area contributed by atoms with E-state index >= 15 is 0 Å². The van der Waals surface area contributed by atoms with Gasteiger partial charge in [0.25, 0.3) is 0 Å². The van der Waals surface area contributed by atoms with Crippen molar-refractivity contribution in [2.45, 2.75) is 167 Å². The molecule has 308 valence electrons. The molecule has 1 atom stereocenters. The Morgan fingerprint density at radius 2 is 1.38 bits per heavy atom. The van der Waals surface area contributed by atoms with Crippen molar-refractivity contribution in [3.8, 4) is 5.75 Å². The smallest absolute Gasteiger partial charge is 0.242 e. The fraction of sp³-hybridized carbons (Fsp3) is 0.667. The molecule has 0 heterocycles. The van der Waals surface area contributed by atoms with Gasteiger partial charge in [0.2, 0.25) is 17.7 Å². The Labute approximate surface area is 326 Å². The zero-order valence-corrected chi connectivity index (χ0v) is 35.3. The van der Waals surface area contributed by atoms with Crippen molar-refractivity contribution in [2.24, 2.45) is 11.8 Å². The summed E-state index contributed by atoms with van der Waals surface area (Å²) in [4.78, 5) is 35.4. The molecule has 0 fully saturated rings. The summed E-state index contributed by atoms with van der Waals surface area (Å²) in [5.74, 6) is 1.30. The van der Waals surface area contributed by atoms with Gasteiger partial charge in [0.1, 0.15) is 17.6 Å². The summed E-state index contributed by atoms with van der Waals surface area (Å²) in [6, 6.07) is 13.8. The number of rotatable bonds is 18. The second-order valence-corrected chi connectivity index (χ2v) is 13.8. The van der Waals surface area contributed by atoms with Gasteiger partial charge in [0.15, 0.2) is 0 Å². The molecule has 0 aromatic heterocycles. The number of unbranched alkanes of at least 4 members (excludes halogenated alkanes) is 3. The summed E-state index contributed by atoms with van der Waals surface area (Å²) >= 11 is 0. The van der Waals surface area contributed by atoms with Gasteiger partial charge in [-0.2, -0.15) is 0 Å². The molecule has 0 saturated carbocycles. The largest absolute Gasteiger partial charge is 0.493 e. The molecule has 2 rings (SSSR count). The first-order valence-electron chi connectivity index (χ1n) is 20.0. The zero-order valence-electron chi connectivity index (χ0n) is 35.3. The Morgan fingerprint density at radius 3 is 1.85 bits per heavy atom. The van der Waals surface area contributed by atoms with E-state index in [1.807, 2.05) is 44.2 Å². The first-order valence-corrected chi connectivity index (χ1v) is 20.0. The van der Waals surface area contributed by atoms with E-state index in [0.717, 1.165) is 35.6 Å². The minimum atomic E-state index is -0.609. The van der Waals surface area contributed by atoms with Crippen LogP contribution in [0.1, 0.15) is 159 Å². The molecule has 0 saturated heterocycles. The number of halogens is 1. The summed E-state index contributed by atoms with van der Waals surface area (Å²) in [6.07, 6.45) is 11.8. The van der Waals surface area contributed by atoms with Crippen molar-refractivity contribution in [1.29, 1.82) is 0 Å². The van der Waals surface area contributed by atoms with Crippen molar-refractivity contribution in [2.75, 3.05) is 19.7 Å². The van der Waals surface area contributed by atoms with Crippen LogP contribution in [0.15, 0.2) is 48.5 Å². The van der Waals surface area contributed by atoms with Gasteiger partial charge >= 0.3 is 0 Å². The maximum absolute atomic E-state index is 12.3. The lowest BCUT2D eigenvalue weighted by atomic mass is 10.1. The van der Waals surface area contributed by atoms with E-state index in [1.165, 1.54) is 57.1 Å². The van der Waals surface area contributed by atoms with Crippen LogP contribution in [-0.4, -0.2) is 43.5 Å². The zero-order chi connectivity index (χ0) is 40.2. The van der Waals surface area contributed by atoms with Gasteiger partial charge in [0.05, 0.1) is 13.2 Å². The molecular formula is C45H82FN3O4. The van der Waals surface area contributed by atoms with Crippen LogP contribution in [-0.2, 0) is 20.8 Å². The normalized spacial score (nSPS) is 10.2. The van der Waals surface area contributed by atoms with Crippen molar-refractivity contribution >= 4 is 17.7 Å². The average molecular weight is 748 g/mol. The second kappa shape index (κ2) is 39.8. The van der Waals surface area contributed by atoms with Crippen molar-refractivity contribution in [3.63, 3.8) is 0 Å². The van der Waals surface area contributed by atoms with Gasteiger partial charge in [-0.15, -0.1) is 0 Å². The number of carbonyl (C=O) groups is 3. The van der Waals surface area contributed by atoms with Crippen molar-refractivity contribution < 1.29 is 23.5 Å². The summed E-state index contributed by atoms with van der Waals surface area (Å²) in [6.45, 7) is 26.1. The number of amides is 3. The number of ether oxygens (including phenoxy) is 1. The molecule has 8 heteroatoms. The summed E-state index contributed by atoms with van der Waals surface area (Å²) in [7, 11) is 0. The third-order valence-electron chi connectivity index (χ3n) is 7.16. The molecule has 0 radical (unpaired) electrons. The molecule has 3 N–H and O–H groups in total. The Bertz CT molecular complexity index is 1120. The van der Waals surface area contributed by atoms with Gasteiger partial charge < -0.3 is 20.7 Å². The number of hydrogen-bond donors (Lipinski definition) is 3. The minimum Gasteiger partial charge on any atom is -0.493 e. The fourth-order valence-corrected chi connectivity index (χ4v) is 4.03. The van der Waals surface area contributed by atoms with E-state index in [4.69, 9.17) is 4.74 Å². The molecule has 7 nitrogen and oxygen atoms in total. The molecule has 0 bridgehead atoms. The molecule has 0 aliphatic rings. The molecule has 3 amide bonds. The van der Waals surface area contributed by atoms with Crippen LogP contribution in [0.5, 0.6) is 5.75 Å². The topological polar surface area (TPSA) is 96.5 Å². The van der Waals surface area contributed by atoms with E-state index < -0.39 is 6.04 Å². The van der Waals surface area contributed by atoms with Gasteiger partial charge in [-0.3, -0.25) is 14.4 Å². The Morgan fingerprint density at radius 1 is 0.755 bits per heavy atom. The average Bonchev–Trinajstić information content (AvgIpc) is 3.11. The van der Waals surface area contributed by atoms with Gasteiger partial charge in [0, 0.05) is 13.0 Å². The maximum Gasteiger partial charge on any atom is 0.242 e. The Kier molecular flexibility index (Phi) is 42.3. The third-order valence-corrected chi connectivity index (χ3v) is 7.16. The highest BCUT2D eigenvalue weighted by molar-refractivity contribution is 5.90. The van der Waals surface area contributed by atoms with Crippen molar-refractivity contribution in [3.05, 3.63) is 65.5 Å². The van der Waals surface area contributed by atoms with E-state index in [9.17, 15) is 18.8 Å². The first kappa shape index (κ1) is 56.3. The highest BCUT2D eigenvalue weighted by Crippen LogP contribution is 2.20. The SMILES string of the molecule is C.CCC.CCC(=O)NCC(=O)NC(CC)C(=O)NCCCc1ccccc1OCC(C)C.CCCC.CCCCCC(C)C.Cc1cccc(F)c1. The maximum atomic E-state index is 12.3. The fourth-order valence-electron chi connectivity index (χ4n) is 4.03. The predicted molar refractivity (Wildman–Crippen MR) is 227 cm³/mol. The number of benzene rings is 2. The third kappa shape index (κ3) is 38.1. The van der Waals surface area contributed by atoms with Crippen LogP contribution < -0.4 is 20.7 Å². The highest BCUT2D eigenvalue weighted by atomic mass is 19.1. The van der Waals surface area contributed by atoms with Crippen LogP contribution in [0.4, 0.5) is 4.39 Å². The molecule has 53 heavy (non-hydrogen) atoms. The van der Waals surface area contributed by atoms with Gasteiger partial charge in [-0.05, 0) is 67.3 Å². The van der Waals surface area contributed by atoms with E-state index in [0.29, 0.717) is 31.9 Å². The van der Waals surface area contributed by atoms with Gasteiger partial charge in [-0.1, -0.05) is 159 Å².